The molecule has 4 nitrogen and oxygen atoms in total. The largest absolute Gasteiger partial charge is 0.396 e. The van der Waals surface area contributed by atoms with E-state index in [0.717, 1.165) is 42.3 Å². The van der Waals surface area contributed by atoms with Crippen molar-refractivity contribution in [3.8, 4) is 10.7 Å². The summed E-state index contributed by atoms with van der Waals surface area (Å²) in [5.74, 6) is 0. The molecule has 0 bridgehead atoms. The van der Waals surface area contributed by atoms with E-state index in [4.69, 9.17) is 10.1 Å². The van der Waals surface area contributed by atoms with E-state index in [-0.39, 0.29) is 0 Å². The summed E-state index contributed by atoms with van der Waals surface area (Å²) in [6.07, 6.45) is 6.30. The minimum atomic E-state index is 0.296. The number of thiazole rings is 1. The Morgan fingerprint density at radius 2 is 2.33 bits per heavy atom. The van der Waals surface area contributed by atoms with Gasteiger partial charge < -0.3 is 5.11 Å². The molecule has 1 N–H and O–H groups in total. The van der Waals surface area contributed by atoms with E-state index >= 15 is 0 Å². The SMILES string of the molecule is OCCCC1CCCN1Cc1csc(-c2ccccn2)n1. The molecule has 3 heterocycles. The molecule has 1 aliphatic rings. The van der Waals surface area contributed by atoms with Crippen molar-refractivity contribution in [3.05, 3.63) is 35.5 Å². The summed E-state index contributed by atoms with van der Waals surface area (Å²) in [6, 6.07) is 6.53. The number of rotatable bonds is 6. The second-order valence-corrected chi connectivity index (χ2v) is 6.35. The van der Waals surface area contributed by atoms with Crippen molar-refractivity contribution >= 4 is 11.3 Å². The Hall–Kier alpha value is -1.30. The number of hydrogen-bond acceptors (Lipinski definition) is 5. The third kappa shape index (κ3) is 3.67. The van der Waals surface area contributed by atoms with Crippen molar-refractivity contribution in [2.75, 3.05) is 13.2 Å². The van der Waals surface area contributed by atoms with E-state index in [1.165, 1.54) is 12.8 Å². The summed E-state index contributed by atoms with van der Waals surface area (Å²) in [5.41, 5.74) is 2.09. The minimum absolute atomic E-state index is 0.296. The molecule has 0 spiro atoms. The van der Waals surface area contributed by atoms with Gasteiger partial charge in [0, 0.05) is 30.8 Å². The molecular formula is C16H21N3OS. The van der Waals surface area contributed by atoms with Gasteiger partial charge in [0.05, 0.1) is 11.4 Å². The van der Waals surface area contributed by atoms with Crippen LogP contribution in [0.15, 0.2) is 29.8 Å². The molecule has 1 unspecified atom stereocenters. The van der Waals surface area contributed by atoms with Crippen LogP contribution in [0.2, 0.25) is 0 Å². The van der Waals surface area contributed by atoms with Crippen molar-refractivity contribution < 1.29 is 5.11 Å². The molecule has 5 heteroatoms. The maximum absolute atomic E-state index is 9.00. The summed E-state index contributed by atoms with van der Waals surface area (Å²) in [5, 5.41) is 12.1. The van der Waals surface area contributed by atoms with Gasteiger partial charge in [0.1, 0.15) is 5.01 Å². The van der Waals surface area contributed by atoms with Gasteiger partial charge in [-0.15, -0.1) is 11.3 Å². The molecule has 1 fully saturated rings. The molecular weight excluding hydrogens is 282 g/mol. The van der Waals surface area contributed by atoms with Gasteiger partial charge in [0.15, 0.2) is 0 Å². The molecule has 1 saturated heterocycles. The van der Waals surface area contributed by atoms with Gasteiger partial charge in [-0.05, 0) is 44.4 Å². The van der Waals surface area contributed by atoms with Gasteiger partial charge in [-0.2, -0.15) is 0 Å². The van der Waals surface area contributed by atoms with E-state index < -0.39 is 0 Å². The molecule has 1 aliphatic heterocycles. The van der Waals surface area contributed by atoms with Gasteiger partial charge >= 0.3 is 0 Å². The Morgan fingerprint density at radius 1 is 1.38 bits per heavy atom. The molecule has 2 aromatic heterocycles. The van der Waals surface area contributed by atoms with Crippen molar-refractivity contribution in [2.45, 2.75) is 38.3 Å². The summed E-state index contributed by atoms with van der Waals surface area (Å²) in [4.78, 5) is 11.6. The molecule has 0 saturated carbocycles. The molecule has 21 heavy (non-hydrogen) atoms. The quantitative estimate of drug-likeness (QED) is 0.891. The number of aliphatic hydroxyl groups excluding tert-OH is 1. The summed E-state index contributed by atoms with van der Waals surface area (Å²) < 4.78 is 0. The zero-order valence-electron chi connectivity index (χ0n) is 12.1. The van der Waals surface area contributed by atoms with Gasteiger partial charge in [-0.25, -0.2) is 4.98 Å². The van der Waals surface area contributed by atoms with Crippen LogP contribution in [0, 0.1) is 0 Å². The van der Waals surface area contributed by atoms with Crippen LogP contribution in [0.5, 0.6) is 0 Å². The number of likely N-dealkylation sites (tertiary alicyclic amines) is 1. The van der Waals surface area contributed by atoms with E-state index in [1.54, 1.807) is 11.3 Å². The van der Waals surface area contributed by atoms with E-state index in [2.05, 4.69) is 15.3 Å². The minimum Gasteiger partial charge on any atom is -0.396 e. The molecule has 2 aromatic rings. The van der Waals surface area contributed by atoms with Crippen LogP contribution in [0.3, 0.4) is 0 Å². The smallest absolute Gasteiger partial charge is 0.142 e. The molecule has 3 rings (SSSR count). The lowest BCUT2D eigenvalue weighted by Crippen LogP contribution is -2.29. The van der Waals surface area contributed by atoms with E-state index in [9.17, 15) is 0 Å². The van der Waals surface area contributed by atoms with Crippen LogP contribution < -0.4 is 0 Å². The number of aliphatic hydroxyl groups is 1. The van der Waals surface area contributed by atoms with Crippen LogP contribution in [0.1, 0.15) is 31.4 Å². The summed E-state index contributed by atoms with van der Waals surface area (Å²) >= 11 is 1.66. The van der Waals surface area contributed by atoms with Crippen molar-refractivity contribution in [1.82, 2.24) is 14.9 Å². The van der Waals surface area contributed by atoms with Gasteiger partial charge in [-0.1, -0.05) is 6.07 Å². The second-order valence-electron chi connectivity index (χ2n) is 5.49. The highest BCUT2D eigenvalue weighted by molar-refractivity contribution is 7.13. The highest BCUT2D eigenvalue weighted by atomic mass is 32.1. The topological polar surface area (TPSA) is 49.2 Å². The Morgan fingerprint density at radius 3 is 3.14 bits per heavy atom. The van der Waals surface area contributed by atoms with Gasteiger partial charge in [0.25, 0.3) is 0 Å². The van der Waals surface area contributed by atoms with Crippen LogP contribution in [-0.2, 0) is 6.54 Å². The first kappa shape index (κ1) is 14.6. The standard InChI is InChI=1S/C16H21N3OS/c20-10-4-6-14-5-3-9-19(14)11-13-12-21-16(18-13)15-7-1-2-8-17-15/h1-2,7-8,12,14,20H,3-6,9-11H2. The Kier molecular flexibility index (Phi) is 4.95. The molecule has 0 aromatic carbocycles. The lowest BCUT2D eigenvalue weighted by Gasteiger charge is -2.23. The molecule has 0 amide bonds. The van der Waals surface area contributed by atoms with Crippen molar-refractivity contribution in [3.63, 3.8) is 0 Å². The highest BCUT2D eigenvalue weighted by Gasteiger charge is 2.24. The Balaban J connectivity index is 1.64. The van der Waals surface area contributed by atoms with Crippen molar-refractivity contribution in [2.24, 2.45) is 0 Å². The average Bonchev–Trinajstić information content (AvgIpc) is 3.16. The highest BCUT2D eigenvalue weighted by Crippen LogP contribution is 2.26. The predicted octanol–water partition coefficient (Wildman–Crippen LogP) is 2.94. The third-order valence-corrected chi connectivity index (χ3v) is 4.91. The number of hydrogen-bond donors (Lipinski definition) is 1. The first-order valence-corrected chi connectivity index (χ1v) is 8.45. The van der Waals surface area contributed by atoms with E-state index in [0.29, 0.717) is 12.6 Å². The Bertz CT molecular complexity index is 558. The lowest BCUT2D eigenvalue weighted by atomic mass is 10.1. The summed E-state index contributed by atoms with van der Waals surface area (Å²) in [7, 11) is 0. The first-order chi connectivity index (χ1) is 10.4. The zero-order valence-corrected chi connectivity index (χ0v) is 12.9. The average molecular weight is 303 g/mol. The fourth-order valence-corrected chi connectivity index (χ4v) is 3.74. The van der Waals surface area contributed by atoms with Gasteiger partial charge in [-0.3, -0.25) is 9.88 Å². The monoisotopic (exact) mass is 303 g/mol. The second kappa shape index (κ2) is 7.11. The van der Waals surface area contributed by atoms with Crippen LogP contribution in [-0.4, -0.2) is 39.2 Å². The number of nitrogens with zero attached hydrogens (tertiary/aromatic N) is 3. The van der Waals surface area contributed by atoms with Crippen molar-refractivity contribution in [1.29, 1.82) is 0 Å². The van der Waals surface area contributed by atoms with Crippen LogP contribution in [0.4, 0.5) is 0 Å². The normalized spacial score (nSPS) is 19.2. The fourth-order valence-electron chi connectivity index (χ4n) is 2.95. The lowest BCUT2D eigenvalue weighted by molar-refractivity contribution is 0.209. The van der Waals surface area contributed by atoms with Gasteiger partial charge in [0.2, 0.25) is 0 Å². The Labute approximate surface area is 129 Å². The van der Waals surface area contributed by atoms with Crippen LogP contribution >= 0.6 is 11.3 Å². The summed E-state index contributed by atoms with van der Waals surface area (Å²) in [6.45, 7) is 2.36. The first-order valence-electron chi connectivity index (χ1n) is 7.57. The number of pyridine rings is 1. The predicted molar refractivity (Wildman–Crippen MR) is 85.1 cm³/mol. The fraction of sp³-hybridized carbons (Fsp3) is 0.500. The third-order valence-electron chi connectivity index (χ3n) is 4.00. The zero-order chi connectivity index (χ0) is 14.5. The van der Waals surface area contributed by atoms with Crippen LogP contribution in [0.25, 0.3) is 10.7 Å². The molecule has 1 atom stereocenters. The molecule has 112 valence electrons. The molecule has 0 aliphatic carbocycles. The maximum atomic E-state index is 9.00. The van der Waals surface area contributed by atoms with E-state index in [1.807, 2.05) is 24.4 Å². The maximum Gasteiger partial charge on any atom is 0.142 e. The molecule has 0 radical (unpaired) electrons. The number of aromatic nitrogens is 2.